The molecular weight excluding hydrogens is 288 g/mol. The van der Waals surface area contributed by atoms with E-state index in [9.17, 15) is 4.79 Å². The van der Waals surface area contributed by atoms with Crippen LogP contribution in [0.3, 0.4) is 0 Å². The summed E-state index contributed by atoms with van der Waals surface area (Å²) in [5.74, 6) is 1.26. The first-order chi connectivity index (χ1) is 11.3. The van der Waals surface area contributed by atoms with Gasteiger partial charge in [0.2, 0.25) is 0 Å². The van der Waals surface area contributed by atoms with E-state index in [1.807, 2.05) is 31.2 Å². The van der Waals surface area contributed by atoms with Crippen molar-refractivity contribution in [1.29, 1.82) is 0 Å². The molecule has 0 radical (unpaired) electrons. The highest BCUT2D eigenvalue weighted by Gasteiger charge is 2.16. The average Bonchev–Trinajstić information content (AvgIpc) is 3.11. The van der Waals surface area contributed by atoms with Crippen LogP contribution in [0.1, 0.15) is 35.2 Å². The van der Waals surface area contributed by atoms with E-state index in [2.05, 4.69) is 22.8 Å². The summed E-state index contributed by atoms with van der Waals surface area (Å²) in [6.45, 7) is 4.68. The monoisotopic (exact) mass is 310 g/mol. The molecule has 3 rings (SSSR count). The summed E-state index contributed by atoms with van der Waals surface area (Å²) in [6.07, 6.45) is 1.18. The minimum Gasteiger partial charge on any atom is -0.494 e. The average molecular weight is 310 g/mol. The van der Waals surface area contributed by atoms with Crippen molar-refractivity contribution < 1.29 is 9.53 Å². The first kappa shape index (κ1) is 15.6. The first-order valence-corrected chi connectivity index (χ1v) is 8.11. The van der Waals surface area contributed by atoms with Crippen molar-refractivity contribution in [3.8, 4) is 5.75 Å². The van der Waals surface area contributed by atoms with Crippen LogP contribution in [0.4, 0.5) is 5.69 Å². The van der Waals surface area contributed by atoms with Crippen molar-refractivity contribution in [3.63, 3.8) is 0 Å². The highest BCUT2D eigenvalue weighted by Crippen LogP contribution is 2.23. The maximum absolute atomic E-state index is 12.3. The largest absolute Gasteiger partial charge is 0.494 e. The fraction of sp³-hybridized carbons (Fsp3) is 0.316. The molecule has 0 aliphatic carbocycles. The van der Waals surface area contributed by atoms with Crippen LogP contribution in [-0.2, 0) is 0 Å². The van der Waals surface area contributed by atoms with Gasteiger partial charge in [0.1, 0.15) is 5.75 Å². The molecule has 2 N–H and O–H groups in total. The van der Waals surface area contributed by atoms with E-state index >= 15 is 0 Å². The second-order valence-electron chi connectivity index (χ2n) is 5.72. The molecule has 0 bridgehead atoms. The lowest BCUT2D eigenvalue weighted by Gasteiger charge is -2.11. The summed E-state index contributed by atoms with van der Waals surface area (Å²) in [6, 6.07) is 15.3. The molecule has 1 atom stereocenters. The lowest BCUT2D eigenvalue weighted by molar-refractivity contribution is 0.102. The Bertz CT molecular complexity index is 644. The predicted octanol–water partition coefficient (Wildman–Crippen LogP) is 3.41. The van der Waals surface area contributed by atoms with Gasteiger partial charge in [-0.3, -0.25) is 4.79 Å². The van der Waals surface area contributed by atoms with E-state index in [-0.39, 0.29) is 5.91 Å². The van der Waals surface area contributed by atoms with Crippen molar-refractivity contribution in [2.24, 2.45) is 0 Å². The number of nitrogens with one attached hydrogen (secondary N) is 2. The molecule has 1 aliphatic rings. The normalized spacial score (nSPS) is 17.0. The van der Waals surface area contributed by atoms with Crippen LogP contribution in [0.15, 0.2) is 48.5 Å². The van der Waals surface area contributed by atoms with Crippen LogP contribution in [0.2, 0.25) is 0 Å². The molecule has 2 aromatic carbocycles. The van der Waals surface area contributed by atoms with Gasteiger partial charge in [-0.2, -0.15) is 0 Å². The van der Waals surface area contributed by atoms with E-state index in [0.717, 1.165) is 24.5 Å². The quantitative estimate of drug-likeness (QED) is 0.890. The van der Waals surface area contributed by atoms with Gasteiger partial charge in [0, 0.05) is 17.8 Å². The molecule has 0 unspecified atom stereocenters. The van der Waals surface area contributed by atoms with Gasteiger partial charge in [-0.1, -0.05) is 12.1 Å². The molecule has 4 nitrogen and oxygen atoms in total. The molecule has 120 valence electrons. The van der Waals surface area contributed by atoms with E-state index < -0.39 is 0 Å². The summed E-state index contributed by atoms with van der Waals surface area (Å²) in [5, 5.41) is 6.30. The maximum atomic E-state index is 12.3. The maximum Gasteiger partial charge on any atom is 0.255 e. The van der Waals surface area contributed by atoms with Gasteiger partial charge in [0.05, 0.1) is 6.61 Å². The van der Waals surface area contributed by atoms with Gasteiger partial charge in [0.25, 0.3) is 5.91 Å². The van der Waals surface area contributed by atoms with Gasteiger partial charge >= 0.3 is 0 Å². The molecule has 1 heterocycles. The summed E-state index contributed by atoms with van der Waals surface area (Å²) in [7, 11) is 0. The number of rotatable bonds is 5. The zero-order chi connectivity index (χ0) is 16.1. The van der Waals surface area contributed by atoms with Crippen LogP contribution < -0.4 is 15.4 Å². The summed E-state index contributed by atoms with van der Waals surface area (Å²) in [4.78, 5) is 12.3. The van der Waals surface area contributed by atoms with Crippen molar-refractivity contribution >= 4 is 11.6 Å². The third-order valence-electron chi connectivity index (χ3n) is 4.13. The van der Waals surface area contributed by atoms with Crippen LogP contribution in [0.25, 0.3) is 0 Å². The van der Waals surface area contributed by atoms with E-state index in [4.69, 9.17) is 4.74 Å². The molecule has 1 saturated heterocycles. The standard InChI is InChI=1S/C19H22N2O2/c1-2-23-18-9-5-15(6-10-18)19(22)21-17-7-3-14(4-8-17)16-11-12-20-13-16/h3-10,16,20H,2,11-13H2,1H3,(H,21,22)/t16-/m1/s1. The first-order valence-electron chi connectivity index (χ1n) is 8.11. The lowest BCUT2D eigenvalue weighted by atomic mass is 9.98. The Balaban J connectivity index is 1.62. The fourth-order valence-electron chi connectivity index (χ4n) is 2.85. The third kappa shape index (κ3) is 3.90. The Kier molecular flexibility index (Phi) is 4.93. The molecule has 2 aromatic rings. The van der Waals surface area contributed by atoms with Gasteiger partial charge in [-0.05, 0) is 67.8 Å². The Morgan fingerprint density at radius 1 is 1.17 bits per heavy atom. The summed E-state index contributed by atoms with van der Waals surface area (Å²) in [5.41, 5.74) is 2.77. The Morgan fingerprint density at radius 3 is 2.52 bits per heavy atom. The van der Waals surface area contributed by atoms with E-state index in [1.54, 1.807) is 12.1 Å². The Labute approximate surface area is 136 Å². The Hall–Kier alpha value is -2.33. The van der Waals surface area contributed by atoms with Gasteiger partial charge < -0.3 is 15.4 Å². The molecular formula is C19H22N2O2. The van der Waals surface area contributed by atoms with Gasteiger partial charge in [-0.25, -0.2) is 0 Å². The highest BCUT2D eigenvalue weighted by molar-refractivity contribution is 6.04. The highest BCUT2D eigenvalue weighted by atomic mass is 16.5. The lowest BCUT2D eigenvalue weighted by Crippen LogP contribution is -2.12. The van der Waals surface area contributed by atoms with Crippen LogP contribution >= 0.6 is 0 Å². The molecule has 4 heteroatoms. The molecule has 1 fully saturated rings. The van der Waals surface area contributed by atoms with Crippen molar-refractivity contribution in [1.82, 2.24) is 5.32 Å². The zero-order valence-electron chi connectivity index (χ0n) is 13.3. The van der Waals surface area contributed by atoms with E-state index in [1.165, 1.54) is 12.0 Å². The SMILES string of the molecule is CCOc1ccc(C(=O)Nc2ccc([C@@H]3CCNC3)cc2)cc1. The Morgan fingerprint density at radius 2 is 1.91 bits per heavy atom. The van der Waals surface area contributed by atoms with Crippen molar-refractivity contribution in [2.75, 3.05) is 25.0 Å². The zero-order valence-corrected chi connectivity index (χ0v) is 13.3. The van der Waals surface area contributed by atoms with E-state index in [0.29, 0.717) is 18.1 Å². The van der Waals surface area contributed by atoms with Crippen LogP contribution in [-0.4, -0.2) is 25.6 Å². The number of amides is 1. The van der Waals surface area contributed by atoms with Crippen LogP contribution in [0, 0.1) is 0 Å². The molecule has 0 spiro atoms. The number of hydrogen-bond donors (Lipinski definition) is 2. The molecule has 1 aliphatic heterocycles. The van der Waals surface area contributed by atoms with Gasteiger partial charge in [0.15, 0.2) is 0 Å². The van der Waals surface area contributed by atoms with Crippen LogP contribution in [0.5, 0.6) is 5.75 Å². The minimum absolute atomic E-state index is 0.108. The number of anilines is 1. The number of hydrogen-bond acceptors (Lipinski definition) is 3. The second kappa shape index (κ2) is 7.29. The van der Waals surface area contributed by atoms with Crippen molar-refractivity contribution in [2.45, 2.75) is 19.3 Å². The van der Waals surface area contributed by atoms with Crippen molar-refractivity contribution in [3.05, 3.63) is 59.7 Å². The predicted molar refractivity (Wildman–Crippen MR) is 92.2 cm³/mol. The minimum atomic E-state index is -0.108. The number of ether oxygens (including phenoxy) is 1. The summed E-state index contributed by atoms with van der Waals surface area (Å²) < 4.78 is 5.38. The fourth-order valence-corrected chi connectivity index (χ4v) is 2.85. The smallest absolute Gasteiger partial charge is 0.255 e. The topological polar surface area (TPSA) is 50.4 Å². The second-order valence-corrected chi connectivity index (χ2v) is 5.72. The molecule has 0 saturated carbocycles. The number of benzene rings is 2. The molecule has 23 heavy (non-hydrogen) atoms. The number of carbonyl (C=O) groups is 1. The third-order valence-corrected chi connectivity index (χ3v) is 4.13. The van der Waals surface area contributed by atoms with Gasteiger partial charge in [-0.15, -0.1) is 0 Å². The summed E-state index contributed by atoms with van der Waals surface area (Å²) >= 11 is 0. The molecule has 0 aromatic heterocycles. The number of carbonyl (C=O) groups excluding carboxylic acids is 1. The molecule has 1 amide bonds.